The van der Waals surface area contributed by atoms with Gasteiger partial charge in [-0.2, -0.15) is 0 Å². The average Bonchev–Trinajstić information content (AvgIpc) is 3.61. The minimum absolute atomic E-state index is 0.00499. The number of benzene rings is 3. The molecule has 1 aromatic heterocycles. The smallest absolute Gasteiger partial charge is 0.166 e. The summed E-state index contributed by atoms with van der Waals surface area (Å²) in [4.78, 5) is 2.57. The molecule has 4 aromatic rings. The monoisotopic (exact) mass is 572 g/mol. The van der Waals surface area contributed by atoms with Crippen molar-refractivity contribution in [1.29, 1.82) is 0 Å². The van der Waals surface area contributed by atoms with E-state index in [0.29, 0.717) is 28.8 Å². The first kappa shape index (κ1) is 24.0. The lowest BCUT2D eigenvalue weighted by Crippen LogP contribution is -2.74. The van der Waals surface area contributed by atoms with E-state index in [4.69, 9.17) is 27.9 Å². The molecular formula is C33H30Cl2N2O3. The van der Waals surface area contributed by atoms with Gasteiger partial charge in [0.15, 0.2) is 17.6 Å². The Kier molecular flexibility index (Phi) is 4.78. The molecule has 0 radical (unpaired) electrons. The summed E-state index contributed by atoms with van der Waals surface area (Å²) in [6, 6.07) is 17.9. The number of halogens is 2. The van der Waals surface area contributed by atoms with E-state index in [1.165, 1.54) is 18.4 Å². The van der Waals surface area contributed by atoms with Crippen molar-refractivity contribution in [3.63, 3.8) is 0 Å². The first-order chi connectivity index (χ1) is 19.4. The second-order valence-corrected chi connectivity index (χ2v) is 13.5. The van der Waals surface area contributed by atoms with Crippen LogP contribution in [0.3, 0.4) is 0 Å². The molecule has 40 heavy (non-hydrogen) atoms. The number of nitrogens with zero attached hydrogens (tertiary/aromatic N) is 2. The van der Waals surface area contributed by atoms with Gasteiger partial charge in [0.2, 0.25) is 0 Å². The Hall–Kier alpha value is -2.70. The van der Waals surface area contributed by atoms with E-state index in [0.717, 1.165) is 65.1 Å². The number of aromatic hydroxyl groups is 1. The van der Waals surface area contributed by atoms with E-state index in [9.17, 15) is 10.2 Å². The number of rotatable bonds is 4. The number of fused-ring (bicyclic) bond motifs is 4. The first-order valence-corrected chi connectivity index (χ1v) is 15.2. The van der Waals surface area contributed by atoms with Crippen LogP contribution in [0.15, 0.2) is 54.6 Å². The van der Waals surface area contributed by atoms with Crippen LogP contribution in [0, 0.1) is 5.92 Å². The number of aliphatic hydroxyl groups is 1. The number of hydrogen-bond donors (Lipinski definition) is 2. The molecule has 5 nitrogen and oxygen atoms in total. The molecule has 2 N–H and O–H groups in total. The maximum absolute atomic E-state index is 13.2. The van der Waals surface area contributed by atoms with Crippen LogP contribution in [0.2, 0.25) is 10.0 Å². The van der Waals surface area contributed by atoms with Gasteiger partial charge in [0.25, 0.3) is 0 Å². The quantitative estimate of drug-likeness (QED) is 0.297. The predicted molar refractivity (Wildman–Crippen MR) is 156 cm³/mol. The van der Waals surface area contributed by atoms with Crippen LogP contribution in [0.4, 0.5) is 0 Å². The SMILES string of the molecule is Oc1ccc2c3c1O[C@H]1c4c(c5cc(Cl)ccc5n4Cc4cccc(Cl)c4)C[C@@]4(O)[C@@H](C2)N(CC2CC2)CC[C@]314. The number of aromatic nitrogens is 1. The highest BCUT2D eigenvalue weighted by Crippen LogP contribution is 2.69. The van der Waals surface area contributed by atoms with Gasteiger partial charge in [-0.3, -0.25) is 4.90 Å². The van der Waals surface area contributed by atoms with Crippen molar-refractivity contribution in [2.45, 2.75) is 61.8 Å². The number of phenols is 1. The normalized spacial score (nSPS) is 29.8. The van der Waals surface area contributed by atoms with E-state index < -0.39 is 17.1 Å². The summed E-state index contributed by atoms with van der Waals surface area (Å²) in [5.74, 6) is 1.45. The lowest BCUT2D eigenvalue weighted by Gasteiger charge is -2.63. The molecule has 3 heterocycles. The molecule has 0 unspecified atom stereocenters. The zero-order valence-electron chi connectivity index (χ0n) is 22.0. The molecule has 2 fully saturated rings. The highest BCUT2D eigenvalue weighted by Gasteiger charge is 2.73. The standard InChI is InChI=1S/C33H30Cl2N2O3/c34-21-3-1-2-19(12-21)17-37-25-8-7-22(35)14-23(25)24-15-33(39)27-13-20-6-9-26(38)30-28(20)32(33,31(40-30)29(24)37)10-11-36(27)16-18-4-5-18/h1-3,6-9,12,14,18,27,31,38-39H,4-5,10-11,13,15-17H2/t27-,31+,32+,33-/m1/s1. The molecule has 204 valence electrons. The maximum Gasteiger partial charge on any atom is 0.166 e. The summed E-state index contributed by atoms with van der Waals surface area (Å²) in [5, 5.41) is 26.7. The third-order valence-electron chi connectivity index (χ3n) is 10.6. The number of phenolic OH excluding ortho intramolecular Hbond substituents is 1. The van der Waals surface area contributed by atoms with Gasteiger partial charge >= 0.3 is 0 Å². The Bertz CT molecular complexity index is 1750. The third kappa shape index (κ3) is 2.97. The zero-order chi connectivity index (χ0) is 27.0. The third-order valence-corrected chi connectivity index (χ3v) is 11.1. The maximum atomic E-state index is 13.2. The van der Waals surface area contributed by atoms with Crippen molar-refractivity contribution >= 4 is 34.1 Å². The van der Waals surface area contributed by atoms with Crippen LogP contribution in [-0.2, 0) is 24.8 Å². The van der Waals surface area contributed by atoms with Gasteiger partial charge in [-0.1, -0.05) is 41.4 Å². The van der Waals surface area contributed by atoms with Gasteiger partial charge in [-0.05, 0) is 91.2 Å². The second-order valence-electron chi connectivity index (χ2n) is 12.7. The largest absolute Gasteiger partial charge is 0.504 e. The summed E-state index contributed by atoms with van der Waals surface area (Å²) in [6.45, 7) is 2.59. The van der Waals surface area contributed by atoms with Crippen molar-refractivity contribution in [3.8, 4) is 11.5 Å². The van der Waals surface area contributed by atoms with E-state index in [1.807, 2.05) is 30.3 Å². The van der Waals surface area contributed by atoms with Gasteiger partial charge in [0, 0.05) is 52.1 Å². The fourth-order valence-corrected chi connectivity index (χ4v) is 9.20. The van der Waals surface area contributed by atoms with Crippen molar-refractivity contribution in [2.75, 3.05) is 13.1 Å². The van der Waals surface area contributed by atoms with Gasteiger partial charge in [-0.25, -0.2) is 0 Å². The van der Waals surface area contributed by atoms with Crippen LogP contribution >= 0.6 is 23.2 Å². The Morgan fingerprint density at radius 3 is 2.70 bits per heavy atom. The van der Waals surface area contributed by atoms with Gasteiger partial charge in [-0.15, -0.1) is 0 Å². The summed E-state index contributed by atoms with van der Waals surface area (Å²) in [6.07, 6.45) is 4.24. The van der Waals surface area contributed by atoms with E-state index in [-0.39, 0.29) is 11.8 Å². The number of piperidine rings is 1. The topological polar surface area (TPSA) is 57.9 Å². The van der Waals surface area contributed by atoms with E-state index in [2.05, 4.69) is 27.7 Å². The van der Waals surface area contributed by atoms with Gasteiger partial charge < -0.3 is 19.5 Å². The average molecular weight is 574 g/mol. The molecule has 1 saturated carbocycles. The van der Waals surface area contributed by atoms with Crippen molar-refractivity contribution < 1.29 is 14.9 Å². The highest BCUT2D eigenvalue weighted by molar-refractivity contribution is 6.31. The fraction of sp³-hybridized carbons (Fsp3) is 0.394. The molecule has 9 rings (SSSR count). The lowest BCUT2D eigenvalue weighted by molar-refractivity contribution is -0.173. The summed E-state index contributed by atoms with van der Waals surface area (Å²) < 4.78 is 9.22. The molecule has 3 aliphatic carbocycles. The minimum Gasteiger partial charge on any atom is -0.504 e. The Labute approximate surface area is 242 Å². The number of likely N-dealkylation sites (tertiary alicyclic amines) is 1. The molecular weight excluding hydrogens is 543 g/mol. The van der Waals surface area contributed by atoms with Crippen LogP contribution < -0.4 is 4.74 Å². The van der Waals surface area contributed by atoms with Gasteiger partial charge in [0.05, 0.1) is 16.7 Å². The molecule has 2 aliphatic heterocycles. The molecule has 5 aliphatic rings. The predicted octanol–water partition coefficient (Wildman–Crippen LogP) is 6.40. The molecule has 1 saturated heterocycles. The van der Waals surface area contributed by atoms with E-state index in [1.54, 1.807) is 6.07 Å². The fourth-order valence-electron chi connectivity index (χ4n) is 8.81. The lowest BCUT2D eigenvalue weighted by atomic mass is 9.49. The summed E-state index contributed by atoms with van der Waals surface area (Å²) in [7, 11) is 0. The Balaban J connectivity index is 1.32. The number of ether oxygens (including phenoxy) is 1. The summed E-state index contributed by atoms with van der Waals surface area (Å²) >= 11 is 13.0. The second kappa shape index (κ2) is 7.98. The molecule has 7 heteroatoms. The van der Waals surface area contributed by atoms with E-state index >= 15 is 0 Å². The molecule has 2 bridgehead atoms. The van der Waals surface area contributed by atoms with Crippen molar-refractivity contribution in [3.05, 3.63) is 92.6 Å². The molecule has 3 aromatic carbocycles. The van der Waals surface area contributed by atoms with Crippen LogP contribution in [0.5, 0.6) is 11.5 Å². The van der Waals surface area contributed by atoms with Crippen LogP contribution in [-0.4, -0.2) is 44.4 Å². The van der Waals surface area contributed by atoms with Crippen molar-refractivity contribution in [2.24, 2.45) is 5.92 Å². The first-order valence-electron chi connectivity index (χ1n) is 14.4. The van der Waals surface area contributed by atoms with Crippen LogP contribution in [0.25, 0.3) is 10.9 Å². The van der Waals surface area contributed by atoms with Crippen LogP contribution in [0.1, 0.15) is 53.3 Å². The minimum atomic E-state index is -1.03. The van der Waals surface area contributed by atoms with Crippen molar-refractivity contribution in [1.82, 2.24) is 9.47 Å². The highest BCUT2D eigenvalue weighted by atomic mass is 35.5. The molecule has 4 atom stereocenters. The number of hydrogen-bond acceptors (Lipinski definition) is 4. The Morgan fingerprint density at radius 1 is 1.02 bits per heavy atom. The zero-order valence-corrected chi connectivity index (χ0v) is 23.5. The molecule has 0 amide bonds. The van der Waals surface area contributed by atoms with Gasteiger partial charge in [0.1, 0.15) is 0 Å². The molecule has 1 spiro atoms. The Morgan fingerprint density at radius 2 is 1.88 bits per heavy atom. The summed E-state index contributed by atoms with van der Waals surface area (Å²) in [5.41, 5.74) is 4.94.